The molecule has 0 heterocycles. The fourth-order valence-corrected chi connectivity index (χ4v) is 4.02. The molecular weight excluding hydrogens is 376 g/mol. The van der Waals surface area contributed by atoms with Crippen LogP contribution in [0.15, 0.2) is 30.3 Å². The predicted molar refractivity (Wildman–Crippen MR) is 48.7 cm³/mol. The normalized spacial score (nSPS) is 9.54. The van der Waals surface area contributed by atoms with E-state index in [0.29, 0.717) is 6.42 Å². The third-order valence-electron chi connectivity index (χ3n) is 1.99. The first-order chi connectivity index (χ1) is 6.24. The first-order valence-corrected chi connectivity index (χ1v) is 8.19. The summed E-state index contributed by atoms with van der Waals surface area (Å²) in [4.78, 5) is 11.3. The molecular formula is C10H13NORa. The Labute approximate surface area is 109 Å². The minimum absolute atomic E-state index is 0.128. The molecule has 0 fully saturated rings. The second-order valence-electron chi connectivity index (χ2n) is 3.09. The molecule has 0 aromatic heterocycles. The fourth-order valence-electron chi connectivity index (χ4n) is 1.22. The van der Waals surface area contributed by atoms with Crippen molar-refractivity contribution in [3.63, 3.8) is 0 Å². The number of benzene rings is 1. The summed E-state index contributed by atoms with van der Waals surface area (Å²) in [5, 5.41) is 0. The van der Waals surface area contributed by atoms with Crippen molar-refractivity contribution in [2.75, 3.05) is 0 Å². The van der Waals surface area contributed by atoms with Gasteiger partial charge in [0.25, 0.3) is 0 Å². The number of carbonyl (C=O) groups is 1. The molecule has 3 heteroatoms. The molecule has 0 aliphatic heterocycles. The second kappa shape index (κ2) is 5.80. The van der Waals surface area contributed by atoms with E-state index in [1.807, 2.05) is 25.6 Å². The summed E-state index contributed by atoms with van der Waals surface area (Å²) in [5.41, 5.74) is 1.23. The number of carbonyl (C=O) groups excluding carboxylic acids is 1. The summed E-state index contributed by atoms with van der Waals surface area (Å²) in [5.74, 6) is 0.286. The van der Waals surface area contributed by atoms with Crippen LogP contribution in [0.25, 0.3) is 0 Å². The van der Waals surface area contributed by atoms with Crippen molar-refractivity contribution >= 4 is 5.91 Å². The van der Waals surface area contributed by atoms with Gasteiger partial charge in [0.1, 0.15) is 0 Å². The van der Waals surface area contributed by atoms with Crippen molar-refractivity contribution in [1.82, 2.24) is 0.431 Å². The van der Waals surface area contributed by atoms with Crippen molar-refractivity contribution in [2.24, 2.45) is 0 Å². The van der Waals surface area contributed by atoms with E-state index in [2.05, 4.69) is 12.1 Å². The van der Waals surface area contributed by atoms with E-state index in [4.69, 9.17) is 0 Å². The summed E-state index contributed by atoms with van der Waals surface area (Å²) in [7, 11) is 0. The van der Waals surface area contributed by atoms with Gasteiger partial charge in [-0.05, 0) is 0 Å². The number of nitrogens with zero attached hydrogens (tertiary/aromatic N) is 1. The summed E-state index contributed by atoms with van der Waals surface area (Å²) < 4.78 is 1.97. The fraction of sp³-hybridized carbons (Fsp3) is 0.300. The monoisotopic (exact) mass is 389 g/mol. The van der Waals surface area contributed by atoms with E-state index in [9.17, 15) is 4.79 Å². The Hall–Kier alpha value is 0.158. The van der Waals surface area contributed by atoms with Crippen molar-refractivity contribution in [3.05, 3.63) is 35.9 Å². The van der Waals surface area contributed by atoms with E-state index in [0.717, 1.165) is 6.54 Å². The number of hydrogen-bond acceptors (Lipinski definition) is 1. The molecule has 2 nitrogen and oxygen atoms in total. The minimum atomic E-state index is 0.128. The van der Waals surface area contributed by atoms with Gasteiger partial charge in [-0.25, -0.2) is 0 Å². The third kappa shape index (κ3) is 3.80. The van der Waals surface area contributed by atoms with E-state index < -0.39 is 0 Å². The zero-order valence-electron chi connectivity index (χ0n) is 8.16. The average Bonchev–Trinajstić information content (AvgIpc) is 2.18. The molecule has 0 aliphatic rings. The Morgan fingerprint density at radius 2 is 2.00 bits per heavy atom. The Balaban J connectivity index is 2.55. The Morgan fingerprint density at radius 3 is 2.54 bits per heavy atom. The van der Waals surface area contributed by atoms with E-state index in [-0.39, 0.29) is 49.1 Å². The molecule has 1 amide bonds. The third-order valence-corrected chi connectivity index (χ3v) is 5.34. The van der Waals surface area contributed by atoms with Crippen LogP contribution in [-0.2, 0) is 11.3 Å². The Kier molecular flexibility index (Phi) is 5.01. The van der Waals surface area contributed by atoms with Gasteiger partial charge < -0.3 is 0 Å². The van der Waals surface area contributed by atoms with E-state index in [1.54, 1.807) is 0 Å². The van der Waals surface area contributed by atoms with Crippen LogP contribution in [0.2, 0.25) is 0 Å². The summed E-state index contributed by atoms with van der Waals surface area (Å²) in [6, 6.07) is 10.1. The van der Waals surface area contributed by atoms with Crippen LogP contribution in [0.5, 0.6) is 0 Å². The zero-order valence-corrected chi connectivity index (χ0v) is 16.4. The molecule has 0 spiro atoms. The summed E-state index contributed by atoms with van der Waals surface area (Å²) >= 11 is 0.128. The van der Waals surface area contributed by atoms with Crippen molar-refractivity contribution in [3.8, 4) is 0 Å². The first-order valence-electron chi connectivity index (χ1n) is 4.52. The van der Waals surface area contributed by atoms with E-state index >= 15 is 0 Å². The predicted octanol–water partition coefficient (Wildman–Crippen LogP) is 1.62. The molecule has 0 atom stereocenters. The molecule has 0 bridgehead atoms. The van der Waals surface area contributed by atoms with Gasteiger partial charge in [-0.1, -0.05) is 0 Å². The van der Waals surface area contributed by atoms with Crippen LogP contribution < -0.4 is 0 Å². The maximum atomic E-state index is 11.3. The van der Waals surface area contributed by atoms with Crippen LogP contribution in [0.1, 0.15) is 18.9 Å². The van der Waals surface area contributed by atoms with Gasteiger partial charge in [0.05, 0.1) is 0 Å². The molecule has 0 N–H and O–H groups in total. The number of amides is 1. The van der Waals surface area contributed by atoms with Gasteiger partial charge in [-0.3, -0.25) is 0 Å². The summed E-state index contributed by atoms with van der Waals surface area (Å²) in [6.07, 6.45) is 0.630. The zero-order chi connectivity index (χ0) is 9.68. The summed E-state index contributed by atoms with van der Waals surface area (Å²) in [6.45, 7) is 2.72. The molecule has 66 valence electrons. The first kappa shape index (κ1) is 11.2. The van der Waals surface area contributed by atoms with Crippen molar-refractivity contribution in [2.45, 2.75) is 19.9 Å². The quantitative estimate of drug-likeness (QED) is 0.770. The van der Waals surface area contributed by atoms with Crippen LogP contribution in [0, 0.1) is 43.2 Å². The van der Waals surface area contributed by atoms with Crippen LogP contribution >= 0.6 is 0 Å². The van der Waals surface area contributed by atoms with Crippen molar-refractivity contribution < 1.29 is 48.0 Å². The van der Waals surface area contributed by atoms with Crippen LogP contribution in [0.3, 0.4) is 0 Å². The molecule has 0 unspecified atom stereocenters. The van der Waals surface area contributed by atoms with Gasteiger partial charge >= 0.3 is 110 Å². The molecule has 1 rings (SSSR count). The molecule has 0 saturated carbocycles. The van der Waals surface area contributed by atoms with Crippen LogP contribution in [-0.4, -0.2) is 6.34 Å². The van der Waals surface area contributed by atoms with Gasteiger partial charge in [0, 0.05) is 0 Å². The standard InChI is InChI=1S/C10H13NO.Ra.H/c1-2-10(12)11-8-9-6-4-3-5-7-9;;/h3-7H,2,8H2,1H3,(H,11,12);;/q;+1;/p-1. The van der Waals surface area contributed by atoms with Gasteiger partial charge in [0.2, 0.25) is 0 Å². The molecule has 0 radical (unpaired) electrons. The molecule has 1 aromatic rings. The Bertz CT molecular complexity index is 274. The molecule has 1 aromatic carbocycles. The van der Waals surface area contributed by atoms with Gasteiger partial charge in [-0.15, -0.1) is 0 Å². The SMILES string of the molecule is CCC(=O)[N]([RaH])Cc1ccccc1. The molecule has 0 saturated heterocycles. The van der Waals surface area contributed by atoms with E-state index in [1.165, 1.54) is 5.56 Å². The number of hydrogen-bond donors (Lipinski definition) is 0. The van der Waals surface area contributed by atoms with Gasteiger partial charge in [0.15, 0.2) is 0 Å². The topological polar surface area (TPSA) is 20.3 Å². The second-order valence-corrected chi connectivity index (χ2v) is 7.53. The van der Waals surface area contributed by atoms with Gasteiger partial charge in [-0.2, -0.15) is 0 Å². The molecule has 13 heavy (non-hydrogen) atoms. The molecule has 0 aliphatic carbocycles. The van der Waals surface area contributed by atoms with Crippen molar-refractivity contribution in [1.29, 1.82) is 0 Å². The Morgan fingerprint density at radius 1 is 1.38 bits per heavy atom. The maximum absolute atomic E-state index is 11.3. The average molecular weight is 389 g/mol. The van der Waals surface area contributed by atoms with Crippen LogP contribution in [0.4, 0.5) is 0 Å². The number of rotatable bonds is 3.